The van der Waals surface area contributed by atoms with Crippen LogP contribution in [0.25, 0.3) is 0 Å². The average molecular weight is 396 g/mol. The molecule has 0 spiro atoms. The van der Waals surface area contributed by atoms with Gasteiger partial charge < -0.3 is 20.3 Å². The minimum atomic E-state index is -3.43. The van der Waals surface area contributed by atoms with Crippen molar-refractivity contribution in [1.82, 2.24) is 4.90 Å². The molecule has 1 aromatic carbocycles. The van der Waals surface area contributed by atoms with Gasteiger partial charge in [0.1, 0.15) is 11.5 Å². The predicted octanol–water partition coefficient (Wildman–Crippen LogP) is 0.886. The van der Waals surface area contributed by atoms with E-state index >= 15 is 0 Å². The first-order valence-electron chi connectivity index (χ1n) is 9.59. The highest BCUT2D eigenvalue weighted by Crippen LogP contribution is 2.33. The number of amides is 1. The number of nitrogens with two attached hydrogens (primary N) is 1. The molecule has 7 nitrogen and oxygen atoms in total. The van der Waals surface area contributed by atoms with E-state index in [0.717, 1.165) is 30.8 Å². The van der Waals surface area contributed by atoms with Crippen LogP contribution in [0.3, 0.4) is 0 Å². The number of piperidine rings is 1. The summed E-state index contributed by atoms with van der Waals surface area (Å²) < 4.78 is 29.5. The van der Waals surface area contributed by atoms with E-state index in [9.17, 15) is 13.2 Å². The molecule has 4 rings (SSSR count). The number of carbonyl (C=O) groups excluding carboxylic acids is 1. The Balaban J connectivity index is 1.70. The molecule has 0 saturated carbocycles. The highest BCUT2D eigenvalue weighted by atomic mass is 32.2. The van der Waals surface area contributed by atoms with Crippen molar-refractivity contribution in [2.45, 2.75) is 25.8 Å². The summed E-state index contributed by atoms with van der Waals surface area (Å²) >= 11 is 0. The summed E-state index contributed by atoms with van der Waals surface area (Å²) in [4.78, 5) is 16.7. The molecule has 1 aromatic rings. The molecule has 3 fully saturated rings. The maximum absolute atomic E-state index is 12.6. The standard InChI is InChI=1S/C19H29N3O4S/c1-2-26-18-7-5-16(6-8-18)22-12-15-3-4-17(22)13-21(11-15)19(23)14-27(24,25)10-9-20/h5-8,15,17H,2-4,9-14,20H2,1H3/t15-,17+/m1/s1. The van der Waals surface area contributed by atoms with Gasteiger partial charge in [0.25, 0.3) is 0 Å². The van der Waals surface area contributed by atoms with Gasteiger partial charge in [0.15, 0.2) is 9.84 Å². The molecule has 2 bridgehead atoms. The van der Waals surface area contributed by atoms with Crippen LogP contribution in [0.1, 0.15) is 19.8 Å². The van der Waals surface area contributed by atoms with Crippen LogP contribution in [0.15, 0.2) is 24.3 Å². The fraction of sp³-hybridized carbons (Fsp3) is 0.632. The van der Waals surface area contributed by atoms with Gasteiger partial charge in [-0.1, -0.05) is 0 Å². The molecule has 2 N–H and O–H groups in total. The molecule has 0 unspecified atom stereocenters. The van der Waals surface area contributed by atoms with Crippen molar-refractivity contribution in [3.8, 4) is 5.75 Å². The number of hydrogen-bond donors (Lipinski definition) is 1. The van der Waals surface area contributed by atoms with Gasteiger partial charge in [-0.25, -0.2) is 8.42 Å². The molecule has 1 amide bonds. The number of sulfone groups is 1. The fourth-order valence-corrected chi connectivity index (χ4v) is 5.10. The minimum Gasteiger partial charge on any atom is -0.494 e. The molecule has 3 heterocycles. The monoisotopic (exact) mass is 395 g/mol. The van der Waals surface area contributed by atoms with E-state index in [4.69, 9.17) is 10.5 Å². The highest BCUT2D eigenvalue weighted by molar-refractivity contribution is 7.92. The van der Waals surface area contributed by atoms with Crippen molar-refractivity contribution < 1.29 is 17.9 Å². The maximum atomic E-state index is 12.6. The number of anilines is 1. The highest BCUT2D eigenvalue weighted by Gasteiger charge is 2.37. The largest absolute Gasteiger partial charge is 0.494 e. The van der Waals surface area contributed by atoms with Gasteiger partial charge in [-0.2, -0.15) is 0 Å². The summed E-state index contributed by atoms with van der Waals surface area (Å²) in [6.07, 6.45) is 2.08. The Kier molecular flexibility index (Phi) is 6.26. The quantitative estimate of drug-likeness (QED) is 0.737. The van der Waals surface area contributed by atoms with Gasteiger partial charge in [0.05, 0.1) is 12.4 Å². The lowest BCUT2D eigenvalue weighted by atomic mass is 9.94. The van der Waals surface area contributed by atoms with E-state index in [-0.39, 0.29) is 24.2 Å². The smallest absolute Gasteiger partial charge is 0.237 e. The van der Waals surface area contributed by atoms with Gasteiger partial charge >= 0.3 is 0 Å². The number of fused-ring (bicyclic) bond motifs is 4. The molecule has 8 heteroatoms. The molecule has 0 aliphatic carbocycles. The van der Waals surface area contributed by atoms with Crippen LogP contribution in [0.5, 0.6) is 5.75 Å². The van der Waals surface area contributed by atoms with Gasteiger partial charge in [-0.3, -0.25) is 4.79 Å². The molecular weight excluding hydrogens is 366 g/mol. The van der Waals surface area contributed by atoms with Crippen LogP contribution in [-0.4, -0.2) is 69.6 Å². The van der Waals surface area contributed by atoms with Crippen LogP contribution in [-0.2, 0) is 14.6 Å². The second-order valence-electron chi connectivity index (χ2n) is 7.36. The van der Waals surface area contributed by atoms with Crippen LogP contribution >= 0.6 is 0 Å². The Hall–Kier alpha value is -1.80. The van der Waals surface area contributed by atoms with Crippen molar-refractivity contribution in [3.63, 3.8) is 0 Å². The third-order valence-corrected chi connectivity index (χ3v) is 6.86. The summed E-state index contributed by atoms with van der Waals surface area (Å²) in [6, 6.07) is 8.27. The Morgan fingerprint density at radius 3 is 2.59 bits per heavy atom. The van der Waals surface area contributed by atoms with Gasteiger partial charge in [-0.05, 0) is 49.9 Å². The van der Waals surface area contributed by atoms with E-state index in [1.165, 1.54) is 0 Å². The third-order valence-electron chi connectivity index (χ3n) is 5.32. The summed E-state index contributed by atoms with van der Waals surface area (Å²) in [6.45, 7) is 4.73. The molecule has 150 valence electrons. The lowest BCUT2D eigenvalue weighted by molar-refractivity contribution is -0.128. The van der Waals surface area contributed by atoms with Crippen LogP contribution < -0.4 is 15.4 Å². The molecule has 27 heavy (non-hydrogen) atoms. The van der Waals surface area contributed by atoms with Crippen molar-refractivity contribution in [2.75, 3.05) is 49.2 Å². The Morgan fingerprint density at radius 1 is 1.19 bits per heavy atom. The predicted molar refractivity (Wildman–Crippen MR) is 106 cm³/mol. The third kappa shape index (κ3) is 4.93. The van der Waals surface area contributed by atoms with E-state index in [1.54, 1.807) is 4.90 Å². The van der Waals surface area contributed by atoms with E-state index < -0.39 is 15.6 Å². The van der Waals surface area contributed by atoms with Crippen molar-refractivity contribution in [3.05, 3.63) is 24.3 Å². The summed E-state index contributed by atoms with van der Waals surface area (Å²) in [5.41, 5.74) is 6.46. The number of nitrogens with zero attached hydrogens (tertiary/aromatic N) is 2. The van der Waals surface area contributed by atoms with Crippen molar-refractivity contribution in [1.29, 1.82) is 0 Å². The zero-order chi connectivity index (χ0) is 19.4. The summed E-state index contributed by atoms with van der Waals surface area (Å²) in [5.74, 6) is 0.332. The van der Waals surface area contributed by atoms with E-state index in [2.05, 4.69) is 17.0 Å². The SMILES string of the molecule is CCOc1ccc(N2C[C@@H]3CC[C@H]2CN(C(=O)CS(=O)(=O)CCN)C3)cc1. The average Bonchev–Trinajstić information content (AvgIpc) is 2.94. The number of rotatable bonds is 7. The van der Waals surface area contributed by atoms with Gasteiger partial charge in [0.2, 0.25) is 5.91 Å². The Labute approximate surface area is 161 Å². The minimum absolute atomic E-state index is 0.0480. The first-order valence-corrected chi connectivity index (χ1v) is 11.4. The lowest BCUT2D eigenvalue weighted by Crippen LogP contribution is -2.45. The second kappa shape index (κ2) is 8.48. The molecule has 3 aliphatic rings. The Morgan fingerprint density at radius 2 is 1.93 bits per heavy atom. The molecule has 3 aliphatic heterocycles. The maximum Gasteiger partial charge on any atom is 0.237 e. The number of ether oxygens (including phenoxy) is 1. The Bertz CT molecular complexity index is 751. The summed E-state index contributed by atoms with van der Waals surface area (Å²) in [7, 11) is -3.43. The second-order valence-corrected chi connectivity index (χ2v) is 9.54. The zero-order valence-electron chi connectivity index (χ0n) is 15.8. The normalized spacial score (nSPS) is 22.6. The first-order chi connectivity index (χ1) is 12.9. The van der Waals surface area contributed by atoms with Crippen LogP contribution in [0.2, 0.25) is 0 Å². The van der Waals surface area contributed by atoms with Crippen molar-refractivity contribution >= 4 is 21.4 Å². The molecule has 0 aromatic heterocycles. The summed E-state index contributed by atoms with van der Waals surface area (Å²) in [5, 5.41) is 0. The van der Waals surface area contributed by atoms with E-state index in [1.807, 2.05) is 19.1 Å². The number of hydrogen-bond acceptors (Lipinski definition) is 6. The lowest BCUT2D eigenvalue weighted by Gasteiger charge is -2.38. The van der Waals surface area contributed by atoms with E-state index in [0.29, 0.717) is 25.6 Å². The van der Waals surface area contributed by atoms with Gasteiger partial charge in [-0.15, -0.1) is 0 Å². The van der Waals surface area contributed by atoms with Crippen LogP contribution in [0.4, 0.5) is 5.69 Å². The van der Waals surface area contributed by atoms with Gasteiger partial charge in [0, 0.05) is 37.9 Å². The first kappa shape index (κ1) is 19.9. The van der Waals surface area contributed by atoms with Crippen molar-refractivity contribution in [2.24, 2.45) is 11.7 Å². The topological polar surface area (TPSA) is 92.9 Å². The fourth-order valence-electron chi connectivity index (χ4n) is 4.03. The molecule has 3 saturated heterocycles. The zero-order valence-corrected chi connectivity index (χ0v) is 16.7. The van der Waals surface area contributed by atoms with Crippen LogP contribution in [0, 0.1) is 5.92 Å². The number of carbonyl (C=O) groups is 1. The number of benzene rings is 1. The molecular formula is C19H29N3O4S. The molecule has 0 radical (unpaired) electrons. The molecule has 2 atom stereocenters.